The molecule has 1 spiro atoms. The minimum absolute atomic E-state index is 0.138. The molecule has 226 valence electrons. The van der Waals surface area contributed by atoms with Gasteiger partial charge in [0, 0.05) is 31.9 Å². The molecular formula is C30H44N4O6S. The van der Waals surface area contributed by atoms with Crippen LogP contribution < -0.4 is 14.8 Å². The van der Waals surface area contributed by atoms with E-state index < -0.39 is 27.7 Å². The molecule has 41 heavy (non-hydrogen) atoms. The van der Waals surface area contributed by atoms with Crippen LogP contribution in [0.4, 0.5) is 5.69 Å². The maximum atomic E-state index is 13.5. The second-order valence-corrected chi connectivity index (χ2v) is 13.6. The summed E-state index contributed by atoms with van der Waals surface area (Å²) in [5.74, 6) is 1.23. The summed E-state index contributed by atoms with van der Waals surface area (Å²) in [6.45, 7) is 8.58. The number of hydrogen-bond donors (Lipinski definition) is 3. The first-order chi connectivity index (χ1) is 19.4. The average molecular weight is 589 g/mol. The number of rotatable bonds is 11. The topological polar surface area (TPSA) is 128 Å². The standard InChI is InChI=1S/C30H44N4O6S/c1-5-6-17-34-28(36)26(27(35)21(2)3)31-29(37)30(34)15-18-33(19-16-30)20-22-7-11-24(12-8-22)40-25-13-9-23(10-14-25)32-41(4,38)39/h7,9-14,21-22,26-27,32,35H,5-6,8,15-20H2,1-4H3,(H,31,37)/t22?,26-,27-/m0/s1. The van der Waals surface area contributed by atoms with Crippen LogP contribution in [0.3, 0.4) is 0 Å². The maximum Gasteiger partial charge on any atom is 0.248 e. The Labute approximate surface area is 243 Å². The van der Waals surface area contributed by atoms with Gasteiger partial charge in [-0.25, -0.2) is 8.42 Å². The number of piperazine rings is 1. The zero-order chi connectivity index (χ0) is 29.8. The van der Waals surface area contributed by atoms with Gasteiger partial charge in [0.05, 0.1) is 12.4 Å². The number of anilines is 1. The number of unbranched alkanes of at least 4 members (excludes halogenated alkanes) is 1. The molecule has 1 aromatic rings. The van der Waals surface area contributed by atoms with Crippen LogP contribution in [0.5, 0.6) is 5.75 Å². The van der Waals surface area contributed by atoms with Crippen molar-refractivity contribution in [1.82, 2.24) is 15.1 Å². The van der Waals surface area contributed by atoms with E-state index >= 15 is 0 Å². The third-order valence-corrected chi connectivity index (χ3v) is 8.85. The van der Waals surface area contributed by atoms with Crippen molar-refractivity contribution < 1.29 is 27.9 Å². The van der Waals surface area contributed by atoms with E-state index in [-0.39, 0.29) is 17.7 Å². The molecule has 10 nitrogen and oxygen atoms in total. The minimum atomic E-state index is -3.33. The van der Waals surface area contributed by atoms with Gasteiger partial charge in [0.15, 0.2) is 0 Å². The molecule has 1 unspecified atom stereocenters. The van der Waals surface area contributed by atoms with Crippen LogP contribution in [0.1, 0.15) is 52.9 Å². The molecule has 3 aliphatic rings. The summed E-state index contributed by atoms with van der Waals surface area (Å²) in [5, 5.41) is 13.5. The van der Waals surface area contributed by atoms with Gasteiger partial charge in [0.2, 0.25) is 21.8 Å². The number of nitrogens with one attached hydrogen (secondary N) is 2. The van der Waals surface area contributed by atoms with Gasteiger partial charge >= 0.3 is 0 Å². The Kier molecular flexibility index (Phi) is 9.81. The molecule has 1 aromatic carbocycles. The number of sulfonamides is 1. The minimum Gasteiger partial charge on any atom is -0.458 e. The van der Waals surface area contributed by atoms with Crippen LogP contribution >= 0.6 is 0 Å². The molecule has 2 heterocycles. The van der Waals surface area contributed by atoms with Gasteiger partial charge < -0.3 is 25.0 Å². The zero-order valence-electron chi connectivity index (χ0n) is 24.5. The molecule has 1 aliphatic carbocycles. The van der Waals surface area contributed by atoms with Gasteiger partial charge in [-0.3, -0.25) is 14.3 Å². The van der Waals surface area contributed by atoms with Crippen LogP contribution in [-0.2, 0) is 19.6 Å². The molecule has 0 aromatic heterocycles. The number of ether oxygens (including phenoxy) is 1. The van der Waals surface area contributed by atoms with Crippen molar-refractivity contribution in [3.05, 3.63) is 48.3 Å². The maximum absolute atomic E-state index is 13.5. The lowest BCUT2D eigenvalue weighted by molar-refractivity contribution is -0.165. The number of allylic oxidation sites excluding steroid dienone is 2. The van der Waals surface area contributed by atoms with Crippen molar-refractivity contribution in [2.24, 2.45) is 11.8 Å². The molecule has 0 radical (unpaired) electrons. The number of carbonyl (C=O) groups excluding carboxylic acids is 2. The fourth-order valence-corrected chi connectivity index (χ4v) is 6.39. The number of amides is 2. The fourth-order valence-electron chi connectivity index (χ4n) is 5.83. The lowest BCUT2D eigenvalue weighted by Crippen LogP contribution is -2.75. The van der Waals surface area contributed by atoms with Crippen LogP contribution in [-0.4, -0.2) is 85.3 Å². The summed E-state index contributed by atoms with van der Waals surface area (Å²) in [4.78, 5) is 31.1. The van der Waals surface area contributed by atoms with Crippen molar-refractivity contribution in [3.8, 4) is 5.75 Å². The Bertz CT molecular complexity index is 1250. The fraction of sp³-hybridized carbons (Fsp3) is 0.600. The van der Waals surface area contributed by atoms with Gasteiger partial charge in [-0.2, -0.15) is 0 Å². The van der Waals surface area contributed by atoms with E-state index in [4.69, 9.17) is 4.74 Å². The highest BCUT2D eigenvalue weighted by molar-refractivity contribution is 7.92. The van der Waals surface area contributed by atoms with Crippen molar-refractivity contribution >= 4 is 27.5 Å². The third-order valence-electron chi connectivity index (χ3n) is 8.24. The van der Waals surface area contributed by atoms with Gasteiger partial charge in [0.1, 0.15) is 23.1 Å². The van der Waals surface area contributed by atoms with Crippen molar-refractivity contribution in [2.75, 3.05) is 37.2 Å². The Balaban J connectivity index is 1.31. The van der Waals surface area contributed by atoms with E-state index in [0.717, 1.165) is 37.8 Å². The summed E-state index contributed by atoms with van der Waals surface area (Å²) in [6.07, 6.45) is 10.1. The molecule has 3 N–H and O–H groups in total. The molecule has 11 heteroatoms. The second-order valence-electron chi connectivity index (χ2n) is 11.8. The Morgan fingerprint density at radius 2 is 1.85 bits per heavy atom. The van der Waals surface area contributed by atoms with Gasteiger partial charge in [-0.05, 0) is 73.9 Å². The van der Waals surface area contributed by atoms with E-state index in [1.807, 2.05) is 19.9 Å². The Morgan fingerprint density at radius 3 is 2.41 bits per heavy atom. The quantitative estimate of drug-likeness (QED) is 0.363. The van der Waals surface area contributed by atoms with E-state index in [9.17, 15) is 23.1 Å². The first-order valence-electron chi connectivity index (χ1n) is 14.6. The molecule has 2 saturated heterocycles. The Morgan fingerprint density at radius 1 is 1.17 bits per heavy atom. The van der Waals surface area contributed by atoms with E-state index in [1.165, 1.54) is 0 Å². The predicted molar refractivity (Wildman–Crippen MR) is 159 cm³/mol. The number of aliphatic hydroxyl groups excluding tert-OH is 1. The molecule has 2 amide bonds. The highest BCUT2D eigenvalue weighted by Crippen LogP contribution is 2.35. The van der Waals surface area contributed by atoms with Crippen LogP contribution in [0.2, 0.25) is 0 Å². The molecule has 2 aliphatic heterocycles. The number of carbonyl (C=O) groups is 2. The molecule has 0 bridgehead atoms. The van der Waals surface area contributed by atoms with Crippen LogP contribution in [0, 0.1) is 11.8 Å². The van der Waals surface area contributed by atoms with Crippen LogP contribution in [0.25, 0.3) is 0 Å². The van der Waals surface area contributed by atoms with Gasteiger partial charge in [-0.15, -0.1) is 0 Å². The van der Waals surface area contributed by atoms with Gasteiger partial charge in [-0.1, -0.05) is 33.3 Å². The highest BCUT2D eigenvalue weighted by Gasteiger charge is 2.54. The Hall–Kier alpha value is -2.89. The molecule has 2 fully saturated rings. The largest absolute Gasteiger partial charge is 0.458 e. The molecular weight excluding hydrogens is 544 g/mol. The lowest BCUT2D eigenvalue weighted by Gasteiger charge is -2.52. The lowest BCUT2D eigenvalue weighted by atomic mass is 9.80. The number of benzene rings is 1. The summed E-state index contributed by atoms with van der Waals surface area (Å²) < 4.78 is 31.1. The highest BCUT2D eigenvalue weighted by atomic mass is 32.2. The summed E-state index contributed by atoms with van der Waals surface area (Å²) in [6, 6.07) is 5.87. The predicted octanol–water partition coefficient (Wildman–Crippen LogP) is 2.88. The number of likely N-dealkylation sites (tertiary alicyclic amines) is 1. The summed E-state index contributed by atoms with van der Waals surface area (Å²) in [7, 11) is -3.33. The molecule has 3 atom stereocenters. The normalized spacial score (nSPS) is 23.9. The number of nitrogens with zero attached hydrogens (tertiary/aromatic N) is 2. The number of aliphatic hydroxyl groups is 1. The van der Waals surface area contributed by atoms with E-state index in [0.29, 0.717) is 49.8 Å². The van der Waals surface area contributed by atoms with E-state index in [1.54, 1.807) is 29.2 Å². The second kappa shape index (κ2) is 13.0. The first-order valence-corrected chi connectivity index (χ1v) is 16.5. The van der Waals surface area contributed by atoms with Crippen molar-refractivity contribution in [1.29, 1.82) is 0 Å². The summed E-state index contributed by atoms with van der Waals surface area (Å²) in [5.41, 5.74) is -0.376. The first kappa shape index (κ1) is 31.1. The van der Waals surface area contributed by atoms with Crippen molar-refractivity contribution in [3.63, 3.8) is 0 Å². The smallest absolute Gasteiger partial charge is 0.248 e. The molecule has 0 saturated carbocycles. The number of hydrogen-bond acceptors (Lipinski definition) is 7. The summed E-state index contributed by atoms with van der Waals surface area (Å²) >= 11 is 0. The zero-order valence-corrected chi connectivity index (χ0v) is 25.3. The number of piperidine rings is 1. The molecule has 4 rings (SSSR count). The van der Waals surface area contributed by atoms with Gasteiger partial charge in [0.25, 0.3) is 0 Å². The third kappa shape index (κ3) is 7.50. The van der Waals surface area contributed by atoms with Crippen LogP contribution in [0.15, 0.2) is 48.3 Å². The average Bonchev–Trinajstić information content (AvgIpc) is 2.93. The monoisotopic (exact) mass is 588 g/mol. The SMILES string of the molecule is CCCCN1C(=O)[C@H]([C@@H](O)C(C)C)NC(=O)C12CCN(CC1C=CC(Oc3ccc(NS(C)(=O)=O)cc3)=CC1)CC2. The van der Waals surface area contributed by atoms with E-state index in [2.05, 4.69) is 34.0 Å². The van der Waals surface area contributed by atoms with Crippen molar-refractivity contribution in [2.45, 2.75) is 70.6 Å².